The highest BCUT2D eigenvalue weighted by atomic mass is 32.2. The normalized spacial score (nSPS) is 15.3. The molecule has 2 amide bonds. The minimum Gasteiger partial charge on any atom is -0.493 e. The second-order valence-electron chi connectivity index (χ2n) is 7.96. The lowest BCUT2D eigenvalue weighted by molar-refractivity contribution is -0.150. The van der Waals surface area contributed by atoms with Crippen molar-refractivity contribution in [3.8, 4) is 11.5 Å². The Bertz CT molecular complexity index is 1130. The molecule has 184 valence electrons. The Labute approximate surface area is 209 Å². The van der Waals surface area contributed by atoms with E-state index in [9.17, 15) is 14.4 Å². The highest BCUT2D eigenvalue weighted by molar-refractivity contribution is 8.18. The Balaban J connectivity index is 1.83. The molecule has 0 spiro atoms. The maximum Gasteiger partial charge on any atom is 0.326 e. The summed E-state index contributed by atoms with van der Waals surface area (Å²) in [6.07, 6.45) is 4.25. The van der Waals surface area contributed by atoms with Gasteiger partial charge in [0.05, 0.1) is 18.1 Å². The highest BCUT2D eigenvalue weighted by Gasteiger charge is 2.37. The van der Waals surface area contributed by atoms with Gasteiger partial charge in [0.2, 0.25) is 0 Å². The molecule has 2 aromatic rings. The van der Waals surface area contributed by atoms with Crippen molar-refractivity contribution in [3.05, 3.63) is 76.7 Å². The Morgan fingerprint density at radius 3 is 2.60 bits per heavy atom. The van der Waals surface area contributed by atoms with Crippen LogP contribution >= 0.6 is 11.8 Å². The minimum atomic E-state index is -0.613. The first-order valence-electron chi connectivity index (χ1n) is 11.3. The molecule has 2 aromatic carbocycles. The van der Waals surface area contributed by atoms with Crippen LogP contribution in [-0.2, 0) is 27.4 Å². The predicted octanol–water partition coefficient (Wildman–Crippen LogP) is 5.38. The summed E-state index contributed by atoms with van der Waals surface area (Å²) in [5, 5.41) is -0.511. The van der Waals surface area contributed by atoms with Crippen molar-refractivity contribution in [1.82, 2.24) is 4.90 Å². The van der Waals surface area contributed by atoms with Crippen LogP contribution in [0.15, 0.2) is 60.0 Å². The molecule has 0 radical (unpaired) electrons. The fraction of sp³-hybridized carbons (Fsp3) is 0.296. The highest BCUT2D eigenvalue weighted by Crippen LogP contribution is 2.37. The number of imide groups is 1. The molecule has 35 heavy (non-hydrogen) atoms. The monoisotopic (exact) mass is 495 g/mol. The summed E-state index contributed by atoms with van der Waals surface area (Å²) >= 11 is 0.786. The number of esters is 1. The van der Waals surface area contributed by atoms with E-state index in [1.807, 2.05) is 43.3 Å². The van der Waals surface area contributed by atoms with Gasteiger partial charge in [0, 0.05) is 5.56 Å². The molecule has 0 unspecified atom stereocenters. The topological polar surface area (TPSA) is 82.1 Å². The van der Waals surface area contributed by atoms with Crippen molar-refractivity contribution in [2.24, 2.45) is 0 Å². The summed E-state index contributed by atoms with van der Waals surface area (Å²) in [6.45, 7) is 7.42. The lowest BCUT2D eigenvalue weighted by Gasteiger charge is -2.16. The number of benzene rings is 2. The maximum atomic E-state index is 12.8. The van der Waals surface area contributed by atoms with Gasteiger partial charge >= 0.3 is 5.97 Å². The van der Waals surface area contributed by atoms with Gasteiger partial charge < -0.3 is 14.2 Å². The number of carbonyl (C=O) groups is 3. The molecule has 1 aliphatic heterocycles. The van der Waals surface area contributed by atoms with Crippen LogP contribution in [0.3, 0.4) is 0 Å². The predicted molar refractivity (Wildman–Crippen MR) is 136 cm³/mol. The van der Waals surface area contributed by atoms with Crippen LogP contribution in [0.1, 0.15) is 37.0 Å². The fourth-order valence-corrected chi connectivity index (χ4v) is 4.22. The van der Waals surface area contributed by atoms with E-state index in [-0.39, 0.29) is 11.0 Å². The van der Waals surface area contributed by atoms with Gasteiger partial charge in [0.1, 0.15) is 13.2 Å². The lowest BCUT2D eigenvalue weighted by Crippen LogP contribution is -2.35. The van der Waals surface area contributed by atoms with E-state index in [1.54, 1.807) is 32.3 Å². The Morgan fingerprint density at radius 1 is 1.20 bits per heavy atom. The zero-order valence-electron chi connectivity index (χ0n) is 20.1. The number of nitrogens with zero attached hydrogens (tertiary/aromatic N) is 1. The van der Waals surface area contributed by atoms with Gasteiger partial charge in [-0.1, -0.05) is 43.3 Å². The number of amides is 2. The van der Waals surface area contributed by atoms with Gasteiger partial charge in [-0.05, 0) is 60.9 Å². The summed E-state index contributed by atoms with van der Waals surface area (Å²) < 4.78 is 16.9. The lowest BCUT2D eigenvalue weighted by atomic mass is 10.0. The van der Waals surface area contributed by atoms with E-state index in [1.165, 1.54) is 0 Å². The standard InChI is InChI=1S/C27H29NO6S/c1-5-10-21-13-20(14-22(32-4)25(21)33-17-19-11-8-7-9-12-19)15-23-26(30)28(27(31)35-23)16-24(29)34-18(3)6-2/h5,7-9,11-15,18H,1,6,10,16-17H2,2-4H3/b23-15-/t18-/m0/s1. The summed E-state index contributed by atoms with van der Waals surface area (Å²) in [5.74, 6) is -0.0512. The number of rotatable bonds is 11. The summed E-state index contributed by atoms with van der Waals surface area (Å²) in [6, 6.07) is 13.4. The molecule has 1 heterocycles. The van der Waals surface area contributed by atoms with Gasteiger partial charge in [-0.2, -0.15) is 0 Å². The second kappa shape index (κ2) is 12.3. The molecule has 3 rings (SSSR count). The number of ether oxygens (including phenoxy) is 3. The largest absolute Gasteiger partial charge is 0.493 e. The molecule has 1 aliphatic rings. The van der Waals surface area contributed by atoms with Crippen LogP contribution in [0.4, 0.5) is 4.79 Å². The number of methoxy groups -OCH3 is 1. The molecule has 0 bridgehead atoms. The van der Waals surface area contributed by atoms with Crippen molar-refractivity contribution in [3.63, 3.8) is 0 Å². The maximum absolute atomic E-state index is 12.8. The zero-order valence-corrected chi connectivity index (χ0v) is 20.9. The number of allylic oxidation sites excluding steroid dienone is 1. The zero-order chi connectivity index (χ0) is 25.4. The fourth-order valence-electron chi connectivity index (χ4n) is 3.38. The van der Waals surface area contributed by atoms with Gasteiger partial charge in [-0.3, -0.25) is 19.3 Å². The van der Waals surface area contributed by atoms with Crippen molar-refractivity contribution in [1.29, 1.82) is 0 Å². The van der Waals surface area contributed by atoms with Crippen LogP contribution in [0.2, 0.25) is 0 Å². The molecular formula is C27H29NO6S. The van der Waals surface area contributed by atoms with E-state index in [0.29, 0.717) is 36.5 Å². The van der Waals surface area contributed by atoms with Crippen molar-refractivity contribution >= 4 is 35.0 Å². The first-order chi connectivity index (χ1) is 16.9. The van der Waals surface area contributed by atoms with Crippen molar-refractivity contribution < 1.29 is 28.6 Å². The van der Waals surface area contributed by atoms with Gasteiger partial charge in [-0.15, -0.1) is 6.58 Å². The molecule has 0 N–H and O–H groups in total. The molecular weight excluding hydrogens is 466 g/mol. The SMILES string of the molecule is C=CCc1cc(/C=C2\SC(=O)N(CC(=O)O[C@@H](C)CC)C2=O)cc(OC)c1OCc1ccccc1. The number of carbonyl (C=O) groups excluding carboxylic acids is 3. The van der Waals surface area contributed by atoms with E-state index >= 15 is 0 Å². The molecule has 7 nitrogen and oxygen atoms in total. The first kappa shape index (κ1) is 26.1. The van der Waals surface area contributed by atoms with Crippen LogP contribution in [0, 0.1) is 0 Å². The molecule has 1 atom stereocenters. The Hall–Kier alpha value is -3.52. The smallest absolute Gasteiger partial charge is 0.326 e. The van der Waals surface area contributed by atoms with Crippen molar-refractivity contribution in [2.45, 2.75) is 39.4 Å². The van der Waals surface area contributed by atoms with E-state index in [2.05, 4.69) is 6.58 Å². The molecule has 0 aliphatic carbocycles. The minimum absolute atomic E-state index is 0.218. The quantitative estimate of drug-likeness (QED) is 0.235. The molecule has 0 saturated carbocycles. The molecule has 0 aromatic heterocycles. The summed E-state index contributed by atoms with van der Waals surface area (Å²) in [5.41, 5.74) is 2.51. The average molecular weight is 496 g/mol. The third kappa shape index (κ3) is 6.76. The second-order valence-corrected chi connectivity index (χ2v) is 8.95. The number of thioether (sulfide) groups is 1. The van der Waals surface area contributed by atoms with Crippen LogP contribution in [0.25, 0.3) is 6.08 Å². The van der Waals surface area contributed by atoms with Crippen LogP contribution in [0.5, 0.6) is 11.5 Å². The third-order valence-corrected chi connectivity index (χ3v) is 6.24. The average Bonchev–Trinajstić information content (AvgIpc) is 3.10. The first-order valence-corrected chi connectivity index (χ1v) is 12.1. The van der Waals surface area contributed by atoms with Crippen LogP contribution in [-0.4, -0.2) is 41.8 Å². The number of hydrogen-bond donors (Lipinski definition) is 0. The number of hydrogen-bond acceptors (Lipinski definition) is 7. The summed E-state index contributed by atoms with van der Waals surface area (Å²) in [7, 11) is 1.54. The third-order valence-electron chi connectivity index (χ3n) is 5.33. The van der Waals surface area contributed by atoms with Gasteiger partial charge in [0.15, 0.2) is 11.5 Å². The van der Waals surface area contributed by atoms with E-state index in [4.69, 9.17) is 14.2 Å². The van der Waals surface area contributed by atoms with E-state index in [0.717, 1.165) is 27.8 Å². The molecule has 1 fully saturated rings. The Kier molecular flexibility index (Phi) is 9.14. The molecule has 1 saturated heterocycles. The Morgan fingerprint density at radius 2 is 1.94 bits per heavy atom. The van der Waals surface area contributed by atoms with E-state index < -0.39 is 23.7 Å². The van der Waals surface area contributed by atoms with Gasteiger partial charge in [0.25, 0.3) is 11.1 Å². The van der Waals surface area contributed by atoms with Crippen LogP contribution < -0.4 is 9.47 Å². The summed E-state index contributed by atoms with van der Waals surface area (Å²) in [4.78, 5) is 38.5. The molecule has 8 heteroatoms. The van der Waals surface area contributed by atoms with Crippen molar-refractivity contribution in [2.75, 3.05) is 13.7 Å². The van der Waals surface area contributed by atoms with Gasteiger partial charge in [-0.25, -0.2) is 0 Å².